The van der Waals surface area contributed by atoms with E-state index in [1.807, 2.05) is 0 Å². The highest BCUT2D eigenvalue weighted by molar-refractivity contribution is 6.08. The van der Waals surface area contributed by atoms with E-state index in [4.69, 9.17) is 4.74 Å². The molecule has 142 valence electrons. The molecule has 4 heteroatoms. The molecule has 0 radical (unpaired) electrons. The molecule has 0 N–H and O–H groups in total. The number of benzene rings is 3. The monoisotopic (exact) mass is 434 g/mol. The first-order valence-corrected chi connectivity index (χ1v) is 9.52. The molecule has 1 atom stereocenters. The molecule has 1 aliphatic rings. The number of para-hydroxylation sites is 1. The summed E-state index contributed by atoms with van der Waals surface area (Å²) in [6, 6.07) is 26.3. The largest absolute Gasteiger partial charge is 1.00 e. The molecule has 2 heterocycles. The molecule has 0 saturated carbocycles. The van der Waals surface area contributed by atoms with Gasteiger partial charge in [-0.2, -0.15) is 0 Å². The third-order valence-electron chi connectivity index (χ3n) is 5.81. The van der Waals surface area contributed by atoms with E-state index in [0.29, 0.717) is 6.04 Å². The molecule has 28 heavy (non-hydrogen) atoms. The SMILES string of the molecule is COc1ccc(C(C)N2CC[n+]3c2c2ccccc2c2ccccc23)cc1.[Br-]. The molecule has 0 saturated heterocycles. The number of pyridine rings is 1. The van der Waals surface area contributed by atoms with E-state index in [9.17, 15) is 0 Å². The summed E-state index contributed by atoms with van der Waals surface area (Å²) in [6.07, 6.45) is 0. The predicted octanol–water partition coefficient (Wildman–Crippen LogP) is 1.87. The Morgan fingerprint density at radius 3 is 2.21 bits per heavy atom. The van der Waals surface area contributed by atoms with Crippen LogP contribution in [0.1, 0.15) is 18.5 Å². The van der Waals surface area contributed by atoms with Gasteiger partial charge in [-0.15, -0.1) is 0 Å². The number of anilines is 1. The van der Waals surface area contributed by atoms with Crippen LogP contribution in [0.5, 0.6) is 5.75 Å². The maximum atomic E-state index is 5.32. The molecule has 0 bridgehead atoms. The van der Waals surface area contributed by atoms with Crippen LogP contribution in [0.3, 0.4) is 0 Å². The minimum atomic E-state index is 0. The Balaban J connectivity index is 0.00000192. The van der Waals surface area contributed by atoms with Gasteiger partial charge in [-0.1, -0.05) is 48.5 Å². The molecule has 3 aromatic carbocycles. The van der Waals surface area contributed by atoms with Crippen LogP contribution in [0, 0.1) is 0 Å². The first-order valence-electron chi connectivity index (χ1n) is 9.52. The minimum absolute atomic E-state index is 0. The Morgan fingerprint density at radius 1 is 0.857 bits per heavy atom. The fourth-order valence-corrected chi connectivity index (χ4v) is 4.40. The van der Waals surface area contributed by atoms with Gasteiger partial charge >= 0.3 is 0 Å². The molecule has 5 rings (SSSR count). The Hall–Kier alpha value is -2.59. The average Bonchev–Trinajstić information content (AvgIpc) is 3.19. The molecular formula is C24H23BrN2O. The number of fused-ring (bicyclic) bond motifs is 6. The van der Waals surface area contributed by atoms with Crippen molar-refractivity contribution in [2.24, 2.45) is 0 Å². The second kappa shape index (κ2) is 7.44. The van der Waals surface area contributed by atoms with Crippen molar-refractivity contribution in [3.05, 3.63) is 78.4 Å². The fraction of sp³-hybridized carbons (Fsp3) is 0.208. The number of rotatable bonds is 3. The van der Waals surface area contributed by atoms with E-state index in [1.54, 1.807) is 7.11 Å². The lowest BCUT2D eigenvalue weighted by atomic mass is 10.0. The van der Waals surface area contributed by atoms with Gasteiger partial charge in [0.2, 0.25) is 0 Å². The van der Waals surface area contributed by atoms with Crippen molar-refractivity contribution in [3.8, 4) is 5.75 Å². The fourth-order valence-electron chi connectivity index (χ4n) is 4.40. The number of aromatic nitrogens is 1. The van der Waals surface area contributed by atoms with Gasteiger partial charge in [0.1, 0.15) is 30.4 Å². The summed E-state index contributed by atoms with van der Waals surface area (Å²) in [4.78, 5) is 2.54. The topological polar surface area (TPSA) is 16.4 Å². The number of hydrogen-bond acceptors (Lipinski definition) is 2. The maximum Gasteiger partial charge on any atom is 0.285 e. The van der Waals surface area contributed by atoms with Crippen molar-refractivity contribution in [3.63, 3.8) is 0 Å². The molecule has 4 aromatic rings. The lowest BCUT2D eigenvalue weighted by Crippen LogP contribution is -3.00. The van der Waals surface area contributed by atoms with Gasteiger partial charge in [-0.3, -0.25) is 4.90 Å². The summed E-state index contributed by atoms with van der Waals surface area (Å²) in [7, 11) is 1.71. The van der Waals surface area contributed by atoms with E-state index >= 15 is 0 Å². The highest BCUT2D eigenvalue weighted by Gasteiger charge is 2.36. The van der Waals surface area contributed by atoms with Gasteiger partial charge in [0, 0.05) is 10.8 Å². The van der Waals surface area contributed by atoms with Crippen molar-refractivity contribution in [2.45, 2.75) is 19.5 Å². The number of hydrogen-bond donors (Lipinski definition) is 0. The van der Waals surface area contributed by atoms with E-state index in [1.165, 1.54) is 33.1 Å². The molecule has 0 amide bonds. The van der Waals surface area contributed by atoms with E-state index in [-0.39, 0.29) is 17.0 Å². The molecule has 3 nitrogen and oxygen atoms in total. The second-order valence-corrected chi connectivity index (χ2v) is 7.18. The zero-order valence-electron chi connectivity index (χ0n) is 16.1. The molecule has 1 aliphatic heterocycles. The minimum Gasteiger partial charge on any atom is -1.00 e. The number of halogens is 1. The van der Waals surface area contributed by atoms with Crippen LogP contribution in [-0.2, 0) is 6.54 Å². The highest BCUT2D eigenvalue weighted by atomic mass is 79.9. The zero-order chi connectivity index (χ0) is 18.4. The van der Waals surface area contributed by atoms with E-state index < -0.39 is 0 Å². The van der Waals surface area contributed by atoms with Gasteiger partial charge in [0.05, 0.1) is 12.5 Å². The lowest BCUT2D eigenvalue weighted by Gasteiger charge is -2.21. The van der Waals surface area contributed by atoms with Gasteiger partial charge in [-0.25, -0.2) is 4.57 Å². The van der Waals surface area contributed by atoms with E-state index in [0.717, 1.165) is 18.8 Å². The lowest BCUT2D eigenvalue weighted by molar-refractivity contribution is -0.643. The van der Waals surface area contributed by atoms with Crippen LogP contribution in [-0.4, -0.2) is 13.7 Å². The van der Waals surface area contributed by atoms with Crippen LogP contribution < -0.4 is 31.2 Å². The third-order valence-corrected chi connectivity index (χ3v) is 5.81. The van der Waals surface area contributed by atoms with Crippen LogP contribution in [0.4, 0.5) is 5.82 Å². The van der Waals surface area contributed by atoms with Gasteiger partial charge < -0.3 is 21.7 Å². The third kappa shape index (κ3) is 2.83. The first-order chi connectivity index (χ1) is 13.3. The smallest absolute Gasteiger partial charge is 0.285 e. The molecule has 1 aromatic heterocycles. The van der Waals surface area contributed by atoms with Crippen LogP contribution in [0.25, 0.3) is 21.7 Å². The van der Waals surface area contributed by atoms with Crippen molar-refractivity contribution in [1.82, 2.24) is 0 Å². The predicted molar refractivity (Wildman–Crippen MR) is 110 cm³/mol. The van der Waals surface area contributed by atoms with Gasteiger partial charge in [0.25, 0.3) is 5.82 Å². The zero-order valence-corrected chi connectivity index (χ0v) is 17.7. The summed E-state index contributed by atoms with van der Waals surface area (Å²) < 4.78 is 7.80. The van der Waals surface area contributed by atoms with Crippen molar-refractivity contribution >= 4 is 27.5 Å². The Bertz CT molecular complexity index is 1140. The number of nitrogens with zero attached hydrogens (tertiary/aromatic N) is 2. The Kier molecular flexibility index (Phi) is 4.98. The summed E-state index contributed by atoms with van der Waals surface area (Å²) in [6.45, 7) is 4.33. The van der Waals surface area contributed by atoms with Crippen molar-refractivity contribution < 1.29 is 26.3 Å². The standard InChI is InChI=1S/C24H23N2O.BrH/c1-17(18-11-13-19(27-2)14-12-18)25-15-16-26-23-10-6-5-8-21(23)20-7-3-4-9-22(20)24(25)26;/h3-14,17H,15-16H2,1-2H3;1H/q+1;/p-1. The van der Waals surface area contributed by atoms with Gasteiger partial charge in [0.15, 0.2) is 0 Å². The molecule has 0 aliphatic carbocycles. The van der Waals surface area contributed by atoms with Crippen molar-refractivity contribution in [1.29, 1.82) is 0 Å². The first kappa shape index (κ1) is 18.8. The van der Waals surface area contributed by atoms with Crippen LogP contribution >= 0.6 is 0 Å². The Labute approximate surface area is 175 Å². The molecular weight excluding hydrogens is 412 g/mol. The Morgan fingerprint density at radius 2 is 1.50 bits per heavy atom. The molecule has 0 spiro atoms. The van der Waals surface area contributed by atoms with E-state index in [2.05, 4.69) is 89.2 Å². The maximum absolute atomic E-state index is 5.32. The summed E-state index contributed by atoms with van der Waals surface area (Å²) in [5.74, 6) is 2.23. The number of methoxy groups -OCH3 is 1. The van der Waals surface area contributed by atoms with Crippen LogP contribution in [0.2, 0.25) is 0 Å². The van der Waals surface area contributed by atoms with Crippen LogP contribution in [0.15, 0.2) is 72.8 Å². The second-order valence-electron chi connectivity index (χ2n) is 7.18. The summed E-state index contributed by atoms with van der Waals surface area (Å²) in [5.41, 5.74) is 2.62. The summed E-state index contributed by atoms with van der Waals surface area (Å²) >= 11 is 0. The summed E-state index contributed by atoms with van der Waals surface area (Å²) in [5, 5.41) is 3.98. The average molecular weight is 435 g/mol. The highest BCUT2D eigenvalue weighted by Crippen LogP contribution is 2.36. The van der Waals surface area contributed by atoms with Gasteiger partial charge in [-0.05, 0) is 36.8 Å². The van der Waals surface area contributed by atoms with Crippen molar-refractivity contribution in [2.75, 3.05) is 18.6 Å². The quantitative estimate of drug-likeness (QED) is 0.361. The molecule has 0 fully saturated rings. The number of ether oxygens (including phenoxy) is 1. The normalized spacial score (nSPS) is 14.0. The molecule has 1 unspecified atom stereocenters.